The lowest BCUT2D eigenvalue weighted by molar-refractivity contribution is -0.133. The fraction of sp³-hybridized carbons (Fsp3) is 0.737. The van der Waals surface area contributed by atoms with E-state index in [-0.39, 0.29) is 17.9 Å². The molecule has 152 valence electrons. The Balaban J connectivity index is 1.86. The van der Waals surface area contributed by atoms with Crippen LogP contribution in [0.4, 0.5) is 5.69 Å². The number of amides is 2. The molecule has 1 N–H and O–H groups in total. The van der Waals surface area contributed by atoms with E-state index in [4.69, 9.17) is 0 Å². The van der Waals surface area contributed by atoms with Crippen molar-refractivity contribution < 1.29 is 9.59 Å². The van der Waals surface area contributed by atoms with Gasteiger partial charge in [-0.2, -0.15) is 5.10 Å². The summed E-state index contributed by atoms with van der Waals surface area (Å²) in [4.78, 5) is 31.2. The molecule has 1 saturated heterocycles. The van der Waals surface area contributed by atoms with Gasteiger partial charge in [-0.1, -0.05) is 0 Å². The van der Waals surface area contributed by atoms with Crippen molar-refractivity contribution in [2.75, 3.05) is 51.1 Å². The topological polar surface area (TPSA) is 73.7 Å². The Labute approximate surface area is 162 Å². The normalized spacial score (nSPS) is 17.0. The Morgan fingerprint density at radius 1 is 1.15 bits per heavy atom. The van der Waals surface area contributed by atoms with Crippen molar-refractivity contribution in [1.82, 2.24) is 24.5 Å². The lowest BCUT2D eigenvalue weighted by atomic mass is 10.2. The molecule has 1 aliphatic rings. The van der Waals surface area contributed by atoms with Gasteiger partial charge in [-0.15, -0.1) is 0 Å². The van der Waals surface area contributed by atoms with Crippen LogP contribution in [0.5, 0.6) is 0 Å². The van der Waals surface area contributed by atoms with Crippen LogP contribution in [-0.4, -0.2) is 88.1 Å². The second-order valence-corrected chi connectivity index (χ2v) is 7.21. The average Bonchev–Trinajstić information content (AvgIpc) is 2.88. The second-order valence-electron chi connectivity index (χ2n) is 7.21. The molecule has 1 aliphatic heterocycles. The number of nitrogens with zero attached hydrogens (tertiary/aromatic N) is 5. The van der Waals surface area contributed by atoms with Gasteiger partial charge in [-0.25, -0.2) is 0 Å². The van der Waals surface area contributed by atoms with Crippen LogP contribution in [0, 0.1) is 13.8 Å². The zero-order valence-electron chi connectivity index (χ0n) is 17.6. The van der Waals surface area contributed by atoms with E-state index in [1.165, 1.54) is 0 Å². The van der Waals surface area contributed by atoms with Gasteiger partial charge in [0, 0.05) is 46.3 Å². The molecule has 8 heteroatoms. The zero-order valence-corrected chi connectivity index (χ0v) is 17.6. The minimum atomic E-state index is -0.218. The van der Waals surface area contributed by atoms with Gasteiger partial charge in [0.2, 0.25) is 11.8 Å². The number of likely N-dealkylation sites (N-methyl/N-ethyl adjacent to an activating group) is 1. The quantitative estimate of drug-likeness (QED) is 0.761. The molecule has 0 aliphatic carbocycles. The van der Waals surface area contributed by atoms with E-state index in [1.807, 2.05) is 46.6 Å². The molecule has 0 spiro atoms. The maximum Gasteiger partial charge on any atom is 0.241 e. The van der Waals surface area contributed by atoms with Crippen LogP contribution in [-0.2, 0) is 16.6 Å². The molecular weight excluding hydrogens is 344 g/mol. The van der Waals surface area contributed by atoms with E-state index >= 15 is 0 Å². The molecule has 1 atom stereocenters. The van der Waals surface area contributed by atoms with E-state index in [1.54, 1.807) is 4.68 Å². The molecule has 1 aromatic heterocycles. The molecule has 1 fully saturated rings. The van der Waals surface area contributed by atoms with Gasteiger partial charge in [-0.05, 0) is 34.6 Å². The fourth-order valence-electron chi connectivity index (χ4n) is 3.52. The average molecular weight is 379 g/mol. The minimum absolute atomic E-state index is 0.0122. The van der Waals surface area contributed by atoms with E-state index < -0.39 is 0 Å². The van der Waals surface area contributed by atoms with Crippen molar-refractivity contribution in [3.63, 3.8) is 0 Å². The molecule has 8 nitrogen and oxygen atoms in total. The standard InChI is InChI=1S/C19H34N6O2/c1-7-24(8-2)17(26)13-23-9-11-25(12-10-23)16(5)19(27)20-18-14(3)21-22(6)15(18)4/h16H,7-13H2,1-6H3,(H,20,27). The van der Waals surface area contributed by atoms with Crippen LogP contribution in [0.25, 0.3) is 0 Å². The number of rotatable bonds is 7. The summed E-state index contributed by atoms with van der Waals surface area (Å²) in [6.07, 6.45) is 0. The molecular formula is C19H34N6O2. The summed E-state index contributed by atoms with van der Waals surface area (Å²) in [7, 11) is 1.88. The molecule has 27 heavy (non-hydrogen) atoms. The first-order valence-corrected chi connectivity index (χ1v) is 9.83. The van der Waals surface area contributed by atoms with Crippen molar-refractivity contribution in [3.8, 4) is 0 Å². The number of aryl methyl sites for hydroxylation is 2. The fourth-order valence-corrected chi connectivity index (χ4v) is 3.52. The summed E-state index contributed by atoms with van der Waals surface area (Å²) in [6, 6.07) is -0.218. The maximum atomic E-state index is 12.7. The number of piperazine rings is 1. The zero-order chi connectivity index (χ0) is 20.1. The van der Waals surface area contributed by atoms with E-state index in [0.29, 0.717) is 6.54 Å². The minimum Gasteiger partial charge on any atom is -0.342 e. The Morgan fingerprint density at radius 3 is 2.22 bits per heavy atom. The third-order valence-corrected chi connectivity index (χ3v) is 5.57. The SMILES string of the molecule is CCN(CC)C(=O)CN1CCN(C(C)C(=O)Nc2c(C)nn(C)c2C)CC1. The third kappa shape index (κ3) is 5.07. The molecule has 0 aromatic carbocycles. The predicted molar refractivity (Wildman–Crippen MR) is 107 cm³/mol. The second kappa shape index (κ2) is 9.32. The predicted octanol–water partition coefficient (Wildman–Crippen LogP) is 0.850. The first kappa shape index (κ1) is 21.4. The Hall–Kier alpha value is -1.93. The van der Waals surface area contributed by atoms with Crippen molar-refractivity contribution in [3.05, 3.63) is 11.4 Å². The monoisotopic (exact) mass is 378 g/mol. The first-order valence-electron chi connectivity index (χ1n) is 9.83. The van der Waals surface area contributed by atoms with E-state index in [9.17, 15) is 9.59 Å². The highest BCUT2D eigenvalue weighted by atomic mass is 16.2. The summed E-state index contributed by atoms with van der Waals surface area (Å²) >= 11 is 0. The van der Waals surface area contributed by atoms with Crippen LogP contribution in [0.15, 0.2) is 0 Å². The van der Waals surface area contributed by atoms with Gasteiger partial charge in [0.05, 0.1) is 29.7 Å². The smallest absolute Gasteiger partial charge is 0.241 e. The lowest BCUT2D eigenvalue weighted by Gasteiger charge is -2.37. The number of hydrogen-bond donors (Lipinski definition) is 1. The molecule has 0 saturated carbocycles. The van der Waals surface area contributed by atoms with Crippen LogP contribution in [0.2, 0.25) is 0 Å². The summed E-state index contributed by atoms with van der Waals surface area (Å²) < 4.78 is 1.78. The Kier molecular flexibility index (Phi) is 7.38. The molecule has 1 aromatic rings. The molecule has 2 rings (SSSR count). The molecule has 2 amide bonds. The maximum absolute atomic E-state index is 12.7. The van der Waals surface area contributed by atoms with Crippen LogP contribution in [0.3, 0.4) is 0 Å². The number of aromatic nitrogens is 2. The van der Waals surface area contributed by atoms with Crippen molar-refractivity contribution in [2.24, 2.45) is 7.05 Å². The molecule has 2 heterocycles. The first-order chi connectivity index (χ1) is 12.8. The number of nitrogens with one attached hydrogen (secondary N) is 1. The summed E-state index contributed by atoms with van der Waals surface area (Å²) in [5, 5.41) is 7.38. The van der Waals surface area contributed by atoms with Gasteiger partial charge >= 0.3 is 0 Å². The van der Waals surface area contributed by atoms with Crippen LogP contribution in [0.1, 0.15) is 32.2 Å². The Bertz CT molecular complexity index is 659. The highest BCUT2D eigenvalue weighted by molar-refractivity contribution is 5.95. The summed E-state index contributed by atoms with van der Waals surface area (Å²) in [5.41, 5.74) is 2.58. The largest absolute Gasteiger partial charge is 0.342 e. The van der Waals surface area contributed by atoms with E-state index in [0.717, 1.165) is 56.3 Å². The van der Waals surface area contributed by atoms with Gasteiger partial charge in [0.1, 0.15) is 0 Å². The molecule has 1 unspecified atom stereocenters. The van der Waals surface area contributed by atoms with Crippen molar-refractivity contribution in [1.29, 1.82) is 0 Å². The van der Waals surface area contributed by atoms with Crippen molar-refractivity contribution in [2.45, 2.75) is 40.7 Å². The number of hydrogen-bond acceptors (Lipinski definition) is 5. The Morgan fingerprint density at radius 2 is 1.74 bits per heavy atom. The molecule has 0 radical (unpaired) electrons. The number of carbonyl (C=O) groups excluding carboxylic acids is 2. The molecule has 0 bridgehead atoms. The third-order valence-electron chi connectivity index (χ3n) is 5.57. The summed E-state index contributed by atoms with van der Waals surface area (Å²) in [6.45, 7) is 14.9. The summed E-state index contributed by atoms with van der Waals surface area (Å²) in [5.74, 6) is 0.170. The number of anilines is 1. The van der Waals surface area contributed by atoms with Crippen molar-refractivity contribution >= 4 is 17.5 Å². The van der Waals surface area contributed by atoms with Gasteiger partial charge in [0.25, 0.3) is 0 Å². The highest BCUT2D eigenvalue weighted by Crippen LogP contribution is 2.19. The lowest BCUT2D eigenvalue weighted by Crippen LogP contribution is -2.54. The van der Waals surface area contributed by atoms with Gasteiger partial charge in [0.15, 0.2) is 0 Å². The van der Waals surface area contributed by atoms with Crippen LogP contribution < -0.4 is 5.32 Å². The van der Waals surface area contributed by atoms with Gasteiger partial charge < -0.3 is 10.2 Å². The highest BCUT2D eigenvalue weighted by Gasteiger charge is 2.27. The number of carbonyl (C=O) groups is 2. The van der Waals surface area contributed by atoms with Gasteiger partial charge in [-0.3, -0.25) is 24.1 Å². The van der Waals surface area contributed by atoms with E-state index in [2.05, 4.69) is 20.2 Å². The van der Waals surface area contributed by atoms with Crippen LogP contribution >= 0.6 is 0 Å².